The maximum atomic E-state index is 9.66. The maximum Gasteiger partial charge on any atom is 0.180 e. The van der Waals surface area contributed by atoms with Crippen LogP contribution in [0.1, 0.15) is 5.69 Å². The highest BCUT2D eigenvalue weighted by Crippen LogP contribution is 2.10. The molecule has 0 aromatic carbocycles. The third kappa shape index (κ3) is 1.46. The van der Waals surface area contributed by atoms with Gasteiger partial charge >= 0.3 is 0 Å². The molecule has 0 spiro atoms. The number of nitrogens with zero attached hydrogens (tertiary/aromatic N) is 2. The van der Waals surface area contributed by atoms with E-state index < -0.39 is 0 Å². The minimum Gasteiger partial charge on any atom is -0.375 e. The molecule has 0 aliphatic carbocycles. The summed E-state index contributed by atoms with van der Waals surface area (Å²) >= 11 is 1.31. The van der Waals surface area contributed by atoms with E-state index in [0.29, 0.717) is 10.8 Å². The molecule has 0 saturated heterocycles. The molecule has 0 bridgehead atoms. The lowest BCUT2D eigenvalue weighted by Crippen LogP contribution is -1.83. The normalized spacial score (nSPS) is 9.33. The van der Waals surface area contributed by atoms with E-state index in [2.05, 4.69) is 10.2 Å². The van der Waals surface area contributed by atoms with Crippen LogP contribution in [0.3, 0.4) is 0 Å². The average molecular weight is 143 g/mol. The Bertz CT molecular complexity index is 209. The van der Waals surface area contributed by atoms with Crippen molar-refractivity contribution in [3.8, 4) is 0 Å². The number of aromatic nitrogens is 1. The number of nitroso groups, excluding NO2 is 1. The van der Waals surface area contributed by atoms with Crippen LogP contribution in [-0.2, 0) is 6.54 Å². The summed E-state index contributed by atoms with van der Waals surface area (Å²) in [5.41, 5.74) is 5.92. The molecular weight excluding hydrogens is 138 g/mol. The Morgan fingerprint density at radius 3 is 3.11 bits per heavy atom. The first-order valence-corrected chi connectivity index (χ1v) is 3.20. The van der Waals surface area contributed by atoms with Gasteiger partial charge in [0.05, 0.1) is 5.69 Å². The van der Waals surface area contributed by atoms with Crippen molar-refractivity contribution in [1.29, 1.82) is 0 Å². The molecule has 4 nitrogen and oxygen atoms in total. The lowest BCUT2D eigenvalue weighted by Gasteiger charge is -1.78. The van der Waals surface area contributed by atoms with Crippen molar-refractivity contribution >= 4 is 16.5 Å². The van der Waals surface area contributed by atoms with E-state index in [0.717, 1.165) is 0 Å². The van der Waals surface area contributed by atoms with Crippen molar-refractivity contribution in [2.75, 3.05) is 5.73 Å². The third-order valence-corrected chi connectivity index (χ3v) is 1.52. The smallest absolute Gasteiger partial charge is 0.180 e. The van der Waals surface area contributed by atoms with Crippen LogP contribution in [-0.4, -0.2) is 4.98 Å². The van der Waals surface area contributed by atoms with E-state index in [-0.39, 0.29) is 6.54 Å². The summed E-state index contributed by atoms with van der Waals surface area (Å²) in [6, 6.07) is 0. The Kier molecular flexibility index (Phi) is 1.74. The van der Waals surface area contributed by atoms with Gasteiger partial charge in [-0.25, -0.2) is 4.98 Å². The monoisotopic (exact) mass is 143 g/mol. The summed E-state index contributed by atoms with van der Waals surface area (Å²) in [4.78, 5) is 13.5. The molecule has 0 aliphatic heterocycles. The Morgan fingerprint density at radius 2 is 2.67 bits per heavy atom. The zero-order valence-corrected chi connectivity index (χ0v) is 5.39. The van der Waals surface area contributed by atoms with Gasteiger partial charge in [-0.05, 0) is 0 Å². The largest absolute Gasteiger partial charge is 0.375 e. The minimum atomic E-state index is 0.119. The fourth-order valence-corrected chi connectivity index (χ4v) is 1.02. The molecule has 2 N–H and O–H groups in total. The highest BCUT2D eigenvalue weighted by Gasteiger charge is 1.95. The van der Waals surface area contributed by atoms with E-state index in [9.17, 15) is 4.91 Å². The van der Waals surface area contributed by atoms with Gasteiger partial charge in [-0.3, -0.25) is 0 Å². The van der Waals surface area contributed by atoms with Crippen LogP contribution >= 0.6 is 11.3 Å². The quantitative estimate of drug-likeness (QED) is 0.627. The van der Waals surface area contributed by atoms with Gasteiger partial charge in [0.15, 0.2) is 5.13 Å². The highest BCUT2D eigenvalue weighted by molar-refractivity contribution is 7.13. The Labute approximate surface area is 55.7 Å². The van der Waals surface area contributed by atoms with Crippen molar-refractivity contribution < 1.29 is 0 Å². The van der Waals surface area contributed by atoms with Crippen LogP contribution in [0.2, 0.25) is 0 Å². The molecule has 0 aliphatic rings. The predicted octanol–water partition coefficient (Wildman–Crippen LogP) is 0.992. The van der Waals surface area contributed by atoms with Crippen LogP contribution in [0.5, 0.6) is 0 Å². The summed E-state index contributed by atoms with van der Waals surface area (Å²) < 4.78 is 0. The second-order valence-electron chi connectivity index (χ2n) is 1.46. The third-order valence-electron chi connectivity index (χ3n) is 0.796. The molecule has 5 heteroatoms. The first-order valence-electron chi connectivity index (χ1n) is 2.32. The SMILES string of the molecule is Nc1nc(CN=O)cs1. The first-order chi connectivity index (χ1) is 4.33. The van der Waals surface area contributed by atoms with Crippen LogP contribution in [0.25, 0.3) is 0 Å². The van der Waals surface area contributed by atoms with Gasteiger partial charge in [-0.2, -0.15) is 4.91 Å². The molecule has 1 aromatic heterocycles. The van der Waals surface area contributed by atoms with Crippen LogP contribution < -0.4 is 5.73 Å². The fourth-order valence-electron chi connectivity index (χ4n) is 0.461. The van der Waals surface area contributed by atoms with Crippen molar-refractivity contribution in [2.45, 2.75) is 6.54 Å². The van der Waals surface area contributed by atoms with Crippen LogP contribution in [0, 0.1) is 4.91 Å². The molecule has 1 aromatic rings. The zero-order chi connectivity index (χ0) is 6.69. The summed E-state index contributed by atoms with van der Waals surface area (Å²) in [5.74, 6) is 0. The van der Waals surface area contributed by atoms with E-state index in [4.69, 9.17) is 5.73 Å². The standard InChI is InChI=1S/C4H5N3OS/c5-4-7-3(1-6-8)2-9-4/h2H,1H2,(H2,5,7). The van der Waals surface area contributed by atoms with Gasteiger partial charge < -0.3 is 5.73 Å². The number of nitrogens with two attached hydrogens (primary N) is 1. The summed E-state index contributed by atoms with van der Waals surface area (Å²) in [6.07, 6.45) is 0. The Balaban J connectivity index is 2.72. The van der Waals surface area contributed by atoms with Gasteiger partial charge in [0.25, 0.3) is 0 Å². The Hall–Kier alpha value is -0.970. The lowest BCUT2D eigenvalue weighted by atomic mass is 10.5. The molecule has 0 fully saturated rings. The Morgan fingerprint density at radius 1 is 1.89 bits per heavy atom. The molecule has 0 unspecified atom stereocenters. The predicted molar refractivity (Wildman–Crippen MR) is 36.0 cm³/mol. The van der Waals surface area contributed by atoms with Crippen LogP contribution in [0.4, 0.5) is 5.13 Å². The van der Waals surface area contributed by atoms with Crippen molar-refractivity contribution in [2.24, 2.45) is 5.18 Å². The molecule has 48 valence electrons. The van der Waals surface area contributed by atoms with Gasteiger partial charge in [-0.1, -0.05) is 5.18 Å². The molecule has 0 amide bonds. The van der Waals surface area contributed by atoms with Crippen LogP contribution in [0.15, 0.2) is 10.6 Å². The van der Waals surface area contributed by atoms with Crippen molar-refractivity contribution in [3.05, 3.63) is 16.0 Å². The molecule has 9 heavy (non-hydrogen) atoms. The second kappa shape index (κ2) is 2.54. The van der Waals surface area contributed by atoms with E-state index in [1.807, 2.05) is 0 Å². The fraction of sp³-hybridized carbons (Fsp3) is 0.250. The number of hydrogen-bond acceptors (Lipinski definition) is 5. The molecule has 0 radical (unpaired) electrons. The van der Waals surface area contributed by atoms with E-state index >= 15 is 0 Å². The topological polar surface area (TPSA) is 68.3 Å². The summed E-state index contributed by atoms with van der Waals surface area (Å²) in [6.45, 7) is 0.119. The summed E-state index contributed by atoms with van der Waals surface area (Å²) in [5, 5.41) is 4.86. The lowest BCUT2D eigenvalue weighted by molar-refractivity contribution is 1.00. The maximum absolute atomic E-state index is 9.66. The van der Waals surface area contributed by atoms with Gasteiger partial charge in [0.1, 0.15) is 6.54 Å². The number of nitrogen functional groups attached to an aromatic ring is 1. The highest BCUT2D eigenvalue weighted by atomic mass is 32.1. The van der Waals surface area contributed by atoms with Crippen molar-refractivity contribution in [1.82, 2.24) is 4.98 Å². The van der Waals surface area contributed by atoms with E-state index in [1.165, 1.54) is 11.3 Å². The van der Waals surface area contributed by atoms with Gasteiger partial charge in [0.2, 0.25) is 0 Å². The van der Waals surface area contributed by atoms with E-state index in [1.54, 1.807) is 5.38 Å². The average Bonchev–Trinajstić information content (AvgIpc) is 2.17. The molecule has 0 atom stereocenters. The molecule has 0 saturated carbocycles. The summed E-state index contributed by atoms with van der Waals surface area (Å²) in [7, 11) is 0. The first kappa shape index (κ1) is 6.15. The van der Waals surface area contributed by atoms with Gasteiger partial charge in [-0.15, -0.1) is 11.3 Å². The second-order valence-corrected chi connectivity index (χ2v) is 2.35. The van der Waals surface area contributed by atoms with Crippen molar-refractivity contribution in [3.63, 3.8) is 0 Å². The molecule has 1 heterocycles. The van der Waals surface area contributed by atoms with Gasteiger partial charge in [0, 0.05) is 5.38 Å². The number of thiazole rings is 1. The number of rotatable bonds is 2. The zero-order valence-electron chi connectivity index (χ0n) is 4.57. The minimum absolute atomic E-state index is 0.119. The molecule has 1 rings (SSSR count). The number of anilines is 1. The number of hydrogen-bond donors (Lipinski definition) is 1. The molecular formula is C4H5N3OS.